The molecule has 5 rings (SSSR count). The second kappa shape index (κ2) is 14.7. The van der Waals surface area contributed by atoms with Crippen molar-refractivity contribution in [3.8, 4) is 5.95 Å². The molecule has 1 saturated carbocycles. The van der Waals surface area contributed by atoms with Crippen molar-refractivity contribution in [3.05, 3.63) is 35.9 Å². The van der Waals surface area contributed by atoms with Crippen molar-refractivity contribution < 1.29 is 27.8 Å². The number of aryl methyl sites for hydroxylation is 1. The number of hydrogen-bond acceptors (Lipinski definition) is 9. The monoisotopic (exact) mass is 587 g/mol. The van der Waals surface area contributed by atoms with Gasteiger partial charge in [-0.2, -0.15) is 15.0 Å². The second-order valence-electron chi connectivity index (χ2n) is 10.8. The maximum atomic E-state index is 14.1. The maximum Gasteiger partial charge on any atom is 0.296 e. The molecular weight excluding hydrogens is 548 g/mol. The van der Waals surface area contributed by atoms with Crippen LogP contribution in [0, 0.1) is 5.92 Å². The van der Waals surface area contributed by atoms with Gasteiger partial charge in [0.2, 0.25) is 17.8 Å². The summed E-state index contributed by atoms with van der Waals surface area (Å²) in [6, 6.07) is 7.19. The molecule has 228 valence electrons. The van der Waals surface area contributed by atoms with Gasteiger partial charge in [-0.05, 0) is 50.2 Å². The summed E-state index contributed by atoms with van der Waals surface area (Å²) in [5, 5.41) is 3.07. The number of nitrogens with zero attached hydrogens (tertiary/aromatic N) is 6. The number of fused-ring (bicyclic) bond motifs is 1. The van der Waals surface area contributed by atoms with Crippen LogP contribution in [0.2, 0.25) is 0 Å². The van der Waals surface area contributed by atoms with Crippen molar-refractivity contribution in [2.45, 2.75) is 57.4 Å². The van der Waals surface area contributed by atoms with E-state index in [1.807, 2.05) is 4.90 Å². The van der Waals surface area contributed by atoms with Crippen LogP contribution in [0.3, 0.4) is 0 Å². The highest BCUT2D eigenvalue weighted by atomic mass is 19.3. The van der Waals surface area contributed by atoms with E-state index in [2.05, 4.69) is 20.3 Å². The van der Waals surface area contributed by atoms with Gasteiger partial charge in [0.05, 0.1) is 37.5 Å². The third-order valence-electron chi connectivity index (χ3n) is 7.82. The minimum absolute atomic E-state index is 0.0529. The third kappa shape index (κ3) is 7.75. The SMILES string of the molecule is COCCOCC(=O)NC1CCC(CCCc2nc(N3CCOCC3)nc(-n3c(C(F)F)nc4ccccc43)n2)CC1. The van der Waals surface area contributed by atoms with Crippen LogP contribution >= 0.6 is 0 Å². The Morgan fingerprint density at radius 2 is 1.81 bits per heavy atom. The van der Waals surface area contributed by atoms with Crippen LogP contribution in [0.1, 0.15) is 56.6 Å². The quantitative estimate of drug-likeness (QED) is 0.299. The zero-order valence-electron chi connectivity index (χ0n) is 24.0. The highest BCUT2D eigenvalue weighted by molar-refractivity contribution is 5.78. The van der Waals surface area contributed by atoms with Crippen molar-refractivity contribution in [2.75, 3.05) is 58.1 Å². The molecule has 1 aliphatic carbocycles. The molecule has 1 aromatic carbocycles. The first-order valence-electron chi connectivity index (χ1n) is 14.7. The molecule has 0 radical (unpaired) electrons. The van der Waals surface area contributed by atoms with Crippen LogP contribution in [0.15, 0.2) is 24.3 Å². The molecule has 42 heavy (non-hydrogen) atoms. The number of methoxy groups -OCH3 is 1. The van der Waals surface area contributed by atoms with E-state index in [-0.39, 0.29) is 30.3 Å². The fourth-order valence-electron chi connectivity index (χ4n) is 5.63. The van der Waals surface area contributed by atoms with Crippen LogP contribution < -0.4 is 10.2 Å². The van der Waals surface area contributed by atoms with Gasteiger partial charge in [-0.1, -0.05) is 18.6 Å². The highest BCUT2D eigenvalue weighted by Gasteiger charge is 2.25. The van der Waals surface area contributed by atoms with Gasteiger partial charge in [0.15, 0.2) is 5.82 Å². The Morgan fingerprint density at radius 3 is 2.57 bits per heavy atom. The highest BCUT2D eigenvalue weighted by Crippen LogP contribution is 2.30. The minimum Gasteiger partial charge on any atom is -0.382 e. The van der Waals surface area contributed by atoms with Crippen molar-refractivity contribution in [1.82, 2.24) is 29.8 Å². The average molecular weight is 588 g/mol. The van der Waals surface area contributed by atoms with Crippen molar-refractivity contribution in [3.63, 3.8) is 0 Å². The topological polar surface area (TPSA) is 117 Å². The Balaban J connectivity index is 1.23. The lowest BCUT2D eigenvalue weighted by Crippen LogP contribution is -2.39. The number of imidazole rings is 1. The van der Waals surface area contributed by atoms with Gasteiger partial charge < -0.3 is 24.4 Å². The molecule has 1 saturated heterocycles. The zero-order valence-corrected chi connectivity index (χ0v) is 24.0. The standard InChI is InChI=1S/C29H39F2N7O4/c1-40-17-18-42-19-25(39)32-21-11-9-20(10-12-21)5-4-8-24-34-28(37-13-15-41-16-14-37)36-29(35-24)38-23-7-3-2-6-22(23)33-27(38)26(30)31/h2-3,6-7,20-21,26H,4-5,8-19H2,1H3,(H,32,39). The number of ether oxygens (including phenoxy) is 3. The fourth-order valence-corrected chi connectivity index (χ4v) is 5.63. The van der Waals surface area contributed by atoms with Crippen LogP contribution in [-0.2, 0) is 25.4 Å². The number of carbonyl (C=O) groups is 1. The lowest BCUT2D eigenvalue weighted by atomic mass is 9.83. The van der Waals surface area contributed by atoms with Crippen molar-refractivity contribution in [2.24, 2.45) is 5.92 Å². The number of hydrogen-bond donors (Lipinski definition) is 1. The number of alkyl halides is 2. The predicted molar refractivity (Wildman–Crippen MR) is 152 cm³/mol. The van der Waals surface area contributed by atoms with Gasteiger partial charge in [0.25, 0.3) is 6.43 Å². The van der Waals surface area contributed by atoms with Gasteiger partial charge in [-0.3, -0.25) is 9.36 Å². The summed E-state index contributed by atoms with van der Waals surface area (Å²) < 4.78 is 45.2. The van der Waals surface area contributed by atoms with E-state index < -0.39 is 6.43 Å². The smallest absolute Gasteiger partial charge is 0.296 e. The van der Waals surface area contributed by atoms with Crippen molar-refractivity contribution >= 4 is 22.9 Å². The number of amides is 1. The van der Waals surface area contributed by atoms with Crippen LogP contribution in [-0.4, -0.2) is 89.7 Å². The third-order valence-corrected chi connectivity index (χ3v) is 7.82. The van der Waals surface area contributed by atoms with E-state index in [0.717, 1.165) is 38.5 Å². The van der Waals surface area contributed by atoms with Gasteiger partial charge in [0.1, 0.15) is 12.4 Å². The van der Waals surface area contributed by atoms with E-state index in [4.69, 9.17) is 19.2 Å². The molecular formula is C29H39F2N7O4. The fraction of sp³-hybridized carbons (Fsp3) is 0.621. The number of anilines is 1. The van der Waals surface area contributed by atoms with Crippen LogP contribution in [0.4, 0.5) is 14.7 Å². The van der Waals surface area contributed by atoms with Gasteiger partial charge in [-0.25, -0.2) is 13.8 Å². The summed E-state index contributed by atoms with van der Waals surface area (Å²) in [6.07, 6.45) is 3.65. The molecule has 0 unspecified atom stereocenters. The lowest BCUT2D eigenvalue weighted by Gasteiger charge is -2.29. The molecule has 1 amide bonds. The number of halogens is 2. The number of aromatic nitrogens is 5. The first-order chi connectivity index (χ1) is 20.5. The number of benzene rings is 1. The summed E-state index contributed by atoms with van der Waals surface area (Å²) in [4.78, 5) is 32.4. The Kier molecular flexibility index (Phi) is 10.6. The van der Waals surface area contributed by atoms with Gasteiger partial charge in [0, 0.05) is 32.7 Å². The van der Waals surface area contributed by atoms with E-state index in [9.17, 15) is 13.6 Å². The molecule has 0 bridgehead atoms. The van der Waals surface area contributed by atoms with E-state index in [1.165, 1.54) is 4.57 Å². The molecule has 13 heteroatoms. The molecule has 2 fully saturated rings. The van der Waals surface area contributed by atoms with Crippen LogP contribution in [0.25, 0.3) is 17.0 Å². The Labute approximate surface area is 244 Å². The number of morpholine rings is 1. The van der Waals surface area contributed by atoms with Gasteiger partial charge in [-0.15, -0.1) is 0 Å². The molecule has 0 spiro atoms. The molecule has 0 atom stereocenters. The summed E-state index contributed by atoms with van der Waals surface area (Å²) in [6.45, 7) is 3.27. The summed E-state index contributed by atoms with van der Waals surface area (Å²) >= 11 is 0. The van der Waals surface area contributed by atoms with Gasteiger partial charge >= 0.3 is 0 Å². The summed E-state index contributed by atoms with van der Waals surface area (Å²) in [5.41, 5.74) is 0.997. The molecule has 11 nitrogen and oxygen atoms in total. The largest absolute Gasteiger partial charge is 0.382 e. The Morgan fingerprint density at radius 1 is 1.05 bits per heavy atom. The molecule has 3 aromatic rings. The Bertz CT molecular complexity index is 1310. The molecule has 1 aliphatic heterocycles. The maximum absolute atomic E-state index is 14.1. The number of rotatable bonds is 13. The first-order valence-corrected chi connectivity index (χ1v) is 14.7. The Hall–Kier alpha value is -3.29. The normalized spacial score (nSPS) is 19.5. The lowest BCUT2D eigenvalue weighted by molar-refractivity contribution is -0.127. The van der Waals surface area contributed by atoms with Crippen LogP contribution in [0.5, 0.6) is 0 Å². The second-order valence-corrected chi connectivity index (χ2v) is 10.8. The number of nitrogens with one attached hydrogen (secondary N) is 1. The van der Waals surface area contributed by atoms with E-state index in [1.54, 1.807) is 31.4 Å². The number of carbonyl (C=O) groups excluding carboxylic acids is 1. The van der Waals surface area contributed by atoms with E-state index >= 15 is 0 Å². The average Bonchev–Trinajstić information content (AvgIpc) is 3.41. The molecule has 2 aliphatic rings. The zero-order chi connectivity index (χ0) is 29.3. The summed E-state index contributed by atoms with van der Waals surface area (Å²) in [5.74, 6) is 1.29. The predicted octanol–water partition coefficient (Wildman–Crippen LogP) is 3.65. The molecule has 2 aromatic heterocycles. The molecule has 1 N–H and O–H groups in total. The minimum atomic E-state index is -2.78. The summed E-state index contributed by atoms with van der Waals surface area (Å²) in [7, 11) is 1.60. The molecule has 3 heterocycles. The van der Waals surface area contributed by atoms with Crippen molar-refractivity contribution in [1.29, 1.82) is 0 Å². The number of para-hydroxylation sites is 2. The first kappa shape index (κ1) is 30.2. The van der Waals surface area contributed by atoms with E-state index in [0.29, 0.717) is 74.7 Å².